The number of fused-ring (bicyclic) bond motifs is 1. The highest BCUT2D eigenvalue weighted by Gasteiger charge is 2.17. The van der Waals surface area contributed by atoms with Crippen LogP contribution in [0.4, 0.5) is 26.6 Å². The van der Waals surface area contributed by atoms with Crippen LogP contribution in [0.5, 0.6) is 0 Å². The smallest absolute Gasteiger partial charge is 0.325 e. The minimum atomic E-state index is -0.697. The van der Waals surface area contributed by atoms with Crippen molar-refractivity contribution in [2.75, 3.05) is 23.0 Å². The van der Waals surface area contributed by atoms with E-state index in [1.54, 1.807) is 39.3 Å². The summed E-state index contributed by atoms with van der Waals surface area (Å²) in [5, 5.41) is 12.2. The number of halogens is 1. The molecule has 0 unspecified atom stereocenters. The SMILES string of the molecule is CNc1ncc2cc(-c3cc(NC(=O)Nc4cc(C(C)C)on4)c(F)cc3C)c(=O)n(C)c2n1. The molecular weight excluding hydrogens is 441 g/mol. The summed E-state index contributed by atoms with van der Waals surface area (Å²) in [5.74, 6) is 0.663. The van der Waals surface area contributed by atoms with Gasteiger partial charge in [-0.25, -0.2) is 14.2 Å². The molecule has 2 amide bonds. The normalized spacial score (nSPS) is 11.1. The van der Waals surface area contributed by atoms with E-state index in [2.05, 4.69) is 31.1 Å². The van der Waals surface area contributed by atoms with Gasteiger partial charge in [-0.05, 0) is 36.2 Å². The number of nitrogens with zero attached hydrogens (tertiary/aromatic N) is 4. The van der Waals surface area contributed by atoms with Gasteiger partial charge in [-0.15, -0.1) is 0 Å². The average Bonchev–Trinajstić information content (AvgIpc) is 3.27. The van der Waals surface area contributed by atoms with Crippen LogP contribution in [0.15, 0.2) is 39.8 Å². The van der Waals surface area contributed by atoms with E-state index in [1.807, 2.05) is 13.8 Å². The van der Waals surface area contributed by atoms with Gasteiger partial charge in [-0.1, -0.05) is 19.0 Å². The first-order valence-electron chi connectivity index (χ1n) is 10.6. The molecule has 0 fully saturated rings. The maximum Gasteiger partial charge on any atom is 0.325 e. The minimum Gasteiger partial charge on any atom is -0.359 e. The molecule has 10 nitrogen and oxygen atoms in total. The van der Waals surface area contributed by atoms with Crippen molar-refractivity contribution in [1.82, 2.24) is 19.7 Å². The predicted octanol–water partition coefficient (Wildman–Crippen LogP) is 4.24. The third-order valence-corrected chi connectivity index (χ3v) is 5.36. The maximum absolute atomic E-state index is 14.7. The number of anilines is 3. The van der Waals surface area contributed by atoms with Crippen LogP contribution < -0.4 is 21.5 Å². The van der Waals surface area contributed by atoms with Gasteiger partial charge in [0.25, 0.3) is 5.56 Å². The zero-order chi connectivity index (χ0) is 24.6. The predicted molar refractivity (Wildman–Crippen MR) is 128 cm³/mol. The largest absolute Gasteiger partial charge is 0.359 e. The summed E-state index contributed by atoms with van der Waals surface area (Å²) in [5.41, 5.74) is 1.39. The Kier molecular flexibility index (Phi) is 6.01. The molecule has 176 valence electrons. The Hall–Kier alpha value is -4.28. The summed E-state index contributed by atoms with van der Waals surface area (Å²) in [6, 6.07) is 5.25. The number of rotatable bonds is 5. The van der Waals surface area contributed by atoms with Gasteiger partial charge >= 0.3 is 6.03 Å². The van der Waals surface area contributed by atoms with Crippen molar-refractivity contribution >= 4 is 34.5 Å². The Bertz CT molecular complexity index is 1460. The number of aromatic nitrogens is 4. The number of hydrogen-bond donors (Lipinski definition) is 3. The molecule has 0 aliphatic heterocycles. The highest BCUT2D eigenvalue weighted by molar-refractivity contribution is 5.99. The molecule has 0 spiro atoms. The van der Waals surface area contributed by atoms with Crippen LogP contribution in [0, 0.1) is 12.7 Å². The molecule has 4 rings (SSSR count). The van der Waals surface area contributed by atoms with Gasteiger partial charge in [-0.2, -0.15) is 4.98 Å². The second-order valence-electron chi connectivity index (χ2n) is 8.14. The lowest BCUT2D eigenvalue weighted by Crippen LogP contribution is -2.22. The first-order valence-corrected chi connectivity index (χ1v) is 10.6. The van der Waals surface area contributed by atoms with Gasteiger partial charge in [0.2, 0.25) is 5.95 Å². The van der Waals surface area contributed by atoms with Crippen LogP contribution >= 0.6 is 0 Å². The molecule has 0 saturated carbocycles. The van der Waals surface area contributed by atoms with Crippen molar-refractivity contribution in [1.29, 1.82) is 0 Å². The monoisotopic (exact) mass is 465 g/mol. The molecule has 11 heteroatoms. The summed E-state index contributed by atoms with van der Waals surface area (Å²) in [6.45, 7) is 5.54. The average molecular weight is 465 g/mol. The first kappa shape index (κ1) is 22.9. The van der Waals surface area contributed by atoms with Gasteiger partial charge in [-0.3, -0.25) is 14.7 Å². The lowest BCUT2D eigenvalue weighted by molar-refractivity contribution is 0.261. The molecular formula is C23H24FN7O3. The van der Waals surface area contributed by atoms with E-state index in [-0.39, 0.29) is 23.0 Å². The molecule has 0 radical (unpaired) electrons. The van der Waals surface area contributed by atoms with Crippen molar-refractivity contribution < 1.29 is 13.7 Å². The molecule has 3 aromatic heterocycles. The summed E-state index contributed by atoms with van der Waals surface area (Å²) in [4.78, 5) is 34.1. The third kappa shape index (κ3) is 4.32. The van der Waals surface area contributed by atoms with E-state index in [4.69, 9.17) is 4.52 Å². The lowest BCUT2D eigenvalue weighted by atomic mass is 9.99. The van der Waals surface area contributed by atoms with Crippen LogP contribution in [-0.2, 0) is 7.05 Å². The topological polar surface area (TPSA) is 127 Å². The van der Waals surface area contributed by atoms with E-state index in [9.17, 15) is 14.0 Å². The summed E-state index contributed by atoms with van der Waals surface area (Å²) in [7, 11) is 3.29. The molecule has 3 heterocycles. The quantitative estimate of drug-likeness (QED) is 0.402. The summed E-state index contributed by atoms with van der Waals surface area (Å²) < 4.78 is 21.2. The van der Waals surface area contributed by atoms with E-state index < -0.39 is 11.8 Å². The number of carbonyl (C=O) groups excluding carboxylic acids is 1. The van der Waals surface area contributed by atoms with Crippen molar-refractivity contribution in [3.8, 4) is 11.1 Å². The van der Waals surface area contributed by atoms with Gasteiger partial charge in [0.1, 0.15) is 17.2 Å². The fourth-order valence-corrected chi connectivity index (χ4v) is 3.51. The Balaban J connectivity index is 1.69. The summed E-state index contributed by atoms with van der Waals surface area (Å²) >= 11 is 0. The van der Waals surface area contributed by atoms with Gasteiger partial charge in [0, 0.05) is 43.2 Å². The highest BCUT2D eigenvalue weighted by atomic mass is 19.1. The number of urea groups is 1. The standard InChI is InChI=1S/C23H24FN7O3/c1-11(2)18-9-19(30-34-18)28-23(33)27-17-8-14(12(3)6-16(17)24)15-7-13-10-26-22(25-4)29-20(13)31(5)21(15)32/h6-11H,1-5H3,(H,25,26,29)(H2,27,28,30,33). The van der Waals surface area contributed by atoms with Crippen LogP contribution in [0.3, 0.4) is 0 Å². The number of hydrogen-bond acceptors (Lipinski definition) is 7. The van der Waals surface area contributed by atoms with E-state index in [0.29, 0.717) is 39.4 Å². The number of aryl methyl sites for hydroxylation is 2. The molecule has 34 heavy (non-hydrogen) atoms. The lowest BCUT2D eigenvalue weighted by Gasteiger charge is -2.14. The molecule has 0 aliphatic carbocycles. The van der Waals surface area contributed by atoms with Crippen LogP contribution in [0.2, 0.25) is 0 Å². The van der Waals surface area contributed by atoms with Gasteiger partial charge in [0.05, 0.1) is 5.69 Å². The second-order valence-corrected chi connectivity index (χ2v) is 8.14. The Labute approximate surface area is 194 Å². The zero-order valence-corrected chi connectivity index (χ0v) is 19.4. The minimum absolute atomic E-state index is 0.0883. The number of pyridine rings is 1. The third-order valence-electron chi connectivity index (χ3n) is 5.36. The van der Waals surface area contributed by atoms with E-state index in [1.165, 1.54) is 16.7 Å². The van der Waals surface area contributed by atoms with Crippen LogP contribution in [0.1, 0.15) is 31.1 Å². The van der Waals surface area contributed by atoms with Crippen molar-refractivity contribution in [2.45, 2.75) is 26.7 Å². The van der Waals surface area contributed by atoms with Crippen molar-refractivity contribution in [3.63, 3.8) is 0 Å². The Morgan fingerprint density at radius 1 is 1.15 bits per heavy atom. The number of nitrogens with one attached hydrogen (secondary N) is 3. The number of amides is 2. The Morgan fingerprint density at radius 2 is 1.91 bits per heavy atom. The van der Waals surface area contributed by atoms with Gasteiger partial charge < -0.3 is 15.2 Å². The van der Waals surface area contributed by atoms with E-state index in [0.717, 1.165) is 0 Å². The first-order chi connectivity index (χ1) is 16.2. The maximum atomic E-state index is 14.7. The number of carbonyl (C=O) groups is 1. The van der Waals surface area contributed by atoms with Crippen molar-refractivity contribution in [3.05, 3.63) is 58.0 Å². The molecule has 0 bridgehead atoms. The van der Waals surface area contributed by atoms with Crippen LogP contribution in [0.25, 0.3) is 22.2 Å². The van der Waals surface area contributed by atoms with Crippen LogP contribution in [-0.4, -0.2) is 32.8 Å². The second kappa shape index (κ2) is 8.93. The number of benzene rings is 1. The van der Waals surface area contributed by atoms with Crippen molar-refractivity contribution in [2.24, 2.45) is 7.05 Å². The molecule has 1 aromatic carbocycles. The van der Waals surface area contributed by atoms with E-state index >= 15 is 0 Å². The van der Waals surface area contributed by atoms with Gasteiger partial charge in [0.15, 0.2) is 5.82 Å². The molecule has 3 N–H and O–H groups in total. The Morgan fingerprint density at radius 3 is 2.59 bits per heavy atom. The molecule has 0 atom stereocenters. The fourth-order valence-electron chi connectivity index (χ4n) is 3.51. The molecule has 4 aromatic rings. The zero-order valence-electron chi connectivity index (χ0n) is 19.4. The molecule has 0 aliphatic rings. The summed E-state index contributed by atoms with van der Waals surface area (Å²) in [6.07, 6.45) is 1.60. The fraction of sp³-hybridized carbons (Fsp3) is 0.261. The molecule has 0 saturated heterocycles. The highest BCUT2D eigenvalue weighted by Crippen LogP contribution is 2.29.